The summed E-state index contributed by atoms with van der Waals surface area (Å²) in [7, 11) is 0. The molecular weight excluding hydrogens is 156 g/mol. The van der Waals surface area contributed by atoms with Gasteiger partial charge in [-0.15, -0.1) is 0 Å². The molecule has 3 heteroatoms. The van der Waals surface area contributed by atoms with Gasteiger partial charge in [0.05, 0.1) is 5.60 Å². The second kappa shape index (κ2) is 4.26. The van der Waals surface area contributed by atoms with E-state index in [4.69, 9.17) is 9.47 Å². The zero-order valence-corrected chi connectivity index (χ0v) is 8.14. The standard InChI is InChI=1S/C9H16O3/c1-7(2)8(10)11-6-12-9(3,4)5/h1,6H2,2-5H3. The van der Waals surface area contributed by atoms with Gasteiger partial charge in [-0.25, -0.2) is 4.79 Å². The smallest absolute Gasteiger partial charge is 0.335 e. The Bertz CT molecular complexity index is 177. The molecule has 0 aromatic rings. The number of hydrogen-bond acceptors (Lipinski definition) is 3. The lowest BCUT2D eigenvalue weighted by molar-refractivity contribution is -0.162. The van der Waals surface area contributed by atoms with Crippen LogP contribution in [0.4, 0.5) is 0 Å². The first-order valence-electron chi connectivity index (χ1n) is 3.79. The van der Waals surface area contributed by atoms with Crippen molar-refractivity contribution in [2.45, 2.75) is 33.3 Å². The molecule has 0 unspecified atom stereocenters. The van der Waals surface area contributed by atoms with Gasteiger partial charge >= 0.3 is 5.97 Å². The minimum Gasteiger partial charge on any atom is -0.435 e. The maximum absolute atomic E-state index is 10.8. The summed E-state index contributed by atoms with van der Waals surface area (Å²) in [5.74, 6) is -0.417. The highest BCUT2D eigenvalue weighted by molar-refractivity contribution is 5.86. The molecule has 0 spiro atoms. The molecule has 0 fully saturated rings. The van der Waals surface area contributed by atoms with E-state index in [0.717, 1.165) is 0 Å². The van der Waals surface area contributed by atoms with Crippen LogP contribution in [-0.2, 0) is 14.3 Å². The predicted octanol–water partition coefficient (Wildman–Crippen LogP) is 1.88. The lowest BCUT2D eigenvalue weighted by atomic mass is 10.2. The average Bonchev–Trinajstić information content (AvgIpc) is 1.84. The van der Waals surface area contributed by atoms with Crippen LogP contribution in [0, 0.1) is 0 Å². The van der Waals surface area contributed by atoms with Crippen LogP contribution < -0.4 is 0 Å². The molecule has 0 saturated heterocycles. The number of rotatable bonds is 3. The Morgan fingerprint density at radius 3 is 2.25 bits per heavy atom. The highest BCUT2D eigenvalue weighted by atomic mass is 16.7. The number of ether oxygens (including phenoxy) is 2. The first-order valence-corrected chi connectivity index (χ1v) is 3.79. The average molecular weight is 172 g/mol. The maximum atomic E-state index is 10.8. The predicted molar refractivity (Wildman–Crippen MR) is 46.6 cm³/mol. The molecule has 0 atom stereocenters. The van der Waals surface area contributed by atoms with Gasteiger partial charge in [-0.05, 0) is 27.7 Å². The summed E-state index contributed by atoms with van der Waals surface area (Å²) < 4.78 is 9.88. The minimum atomic E-state index is -0.417. The first kappa shape index (κ1) is 11.2. The topological polar surface area (TPSA) is 35.5 Å². The molecule has 12 heavy (non-hydrogen) atoms. The molecule has 0 saturated carbocycles. The van der Waals surface area contributed by atoms with E-state index in [1.165, 1.54) is 0 Å². The van der Waals surface area contributed by atoms with Crippen molar-refractivity contribution in [3.05, 3.63) is 12.2 Å². The zero-order chi connectivity index (χ0) is 9.78. The Labute approximate surface area is 73.4 Å². The summed E-state index contributed by atoms with van der Waals surface area (Å²) in [6, 6.07) is 0. The molecule has 0 aromatic carbocycles. The van der Waals surface area contributed by atoms with E-state index in [9.17, 15) is 4.79 Å². The van der Waals surface area contributed by atoms with E-state index >= 15 is 0 Å². The molecule has 0 rings (SSSR count). The lowest BCUT2D eigenvalue weighted by Gasteiger charge is -2.18. The van der Waals surface area contributed by atoms with Gasteiger partial charge in [0, 0.05) is 5.57 Å². The normalized spacial score (nSPS) is 11.0. The molecule has 3 nitrogen and oxygen atoms in total. The van der Waals surface area contributed by atoms with Crippen LogP contribution in [0.2, 0.25) is 0 Å². The Kier molecular flexibility index (Phi) is 3.96. The van der Waals surface area contributed by atoms with Crippen LogP contribution in [0.15, 0.2) is 12.2 Å². The largest absolute Gasteiger partial charge is 0.435 e. The third-order valence-corrected chi connectivity index (χ3v) is 1.03. The third-order valence-electron chi connectivity index (χ3n) is 1.03. The van der Waals surface area contributed by atoms with Gasteiger partial charge in [0.15, 0.2) is 6.79 Å². The van der Waals surface area contributed by atoms with Crippen molar-refractivity contribution in [3.8, 4) is 0 Å². The summed E-state index contributed by atoms with van der Waals surface area (Å²) in [6.45, 7) is 10.7. The summed E-state index contributed by atoms with van der Waals surface area (Å²) in [5.41, 5.74) is 0.0996. The van der Waals surface area contributed by atoms with Crippen LogP contribution in [0.5, 0.6) is 0 Å². The van der Waals surface area contributed by atoms with Gasteiger partial charge in [0.1, 0.15) is 0 Å². The lowest BCUT2D eigenvalue weighted by Crippen LogP contribution is -2.22. The van der Waals surface area contributed by atoms with E-state index in [1.54, 1.807) is 6.92 Å². The van der Waals surface area contributed by atoms with E-state index in [1.807, 2.05) is 20.8 Å². The fourth-order valence-corrected chi connectivity index (χ4v) is 0.383. The molecule has 0 heterocycles. The molecule has 0 aliphatic heterocycles. The molecule has 70 valence electrons. The fourth-order valence-electron chi connectivity index (χ4n) is 0.383. The van der Waals surface area contributed by atoms with Crippen molar-refractivity contribution in [1.29, 1.82) is 0 Å². The van der Waals surface area contributed by atoms with E-state index in [2.05, 4.69) is 6.58 Å². The van der Waals surface area contributed by atoms with Gasteiger partial charge < -0.3 is 9.47 Å². The number of carbonyl (C=O) groups excluding carboxylic acids is 1. The van der Waals surface area contributed by atoms with E-state index < -0.39 is 5.97 Å². The number of carbonyl (C=O) groups is 1. The summed E-state index contributed by atoms with van der Waals surface area (Å²) >= 11 is 0. The van der Waals surface area contributed by atoms with Crippen LogP contribution in [0.3, 0.4) is 0 Å². The van der Waals surface area contributed by atoms with Gasteiger partial charge in [0.2, 0.25) is 0 Å². The molecule has 0 radical (unpaired) electrons. The van der Waals surface area contributed by atoms with Gasteiger partial charge in [-0.1, -0.05) is 6.58 Å². The minimum absolute atomic E-state index is 0.0187. The molecule has 0 N–H and O–H groups in total. The van der Waals surface area contributed by atoms with Crippen molar-refractivity contribution >= 4 is 5.97 Å². The van der Waals surface area contributed by atoms with Crippen molar-refractivity contribution in [2.24, 2.45) is 0 Å². The monoisotopic (exact) mass is 172 g/mol. The quantitative estimate of drug-likeness (QED) is 0.370. The Hall–Kier alpha value is -0.830. The summed E-state index contributed by atoms with van der Waals surface area (Å²) in [5, 5.41) is 0. The van der Waals surface area contributed by atoms with Crippen molar-refractivity contribution in [2.75, 3.05) is 6.79 Å². The molecular formula is C9H16O3. The van der Waals surface area contributed by atoms with Crippen LogP contribution in [0.1, 0.15) is 27.7 Å². The van der Waals surface area contributed by atoms with Gasteiger partial charge in [-0.2, -0.15) is 0 Å². The zero-order valence-electron chi connectivity index (χ0n) is 8.14. The van der Waals surface area contributed by atoms with Crippen LogP contribution in [0.25, 0.3) is 0 Å². The first-order chi connectivity index (χ1) is 5.33. The summed E-state index contributed by atoms with van der Waals surface area (Å²) in [4.78, 5) is 10.8. The van der Waals surface area contributed by atoms with Crippen LogP contribution >= 0.6 is 0 Å². The van der Waals surface area contributed by atoms with Crippen molar-refractivity contribution < 1.29 is 14.3 Å². The summed E-state index contributed by atoms with van der Waals surface area (Å²) in [6.07, 6.45) is 0. The second-order valence-electron chi connectivity index (χ2n) is 3.59. The second-order valence-corrected chi connectivity index (χ2v) is 3.59. The molecule has 0 aliphatic carbocycles. The number of hydrogen-bond donors (Lipinski definition) is 0. The highest BCUT2D eigenvalue weighted by Crippen LogP contribution is 2.06. The fraction of sp³-hybridized carbons (Fsp3) is 0.667. The van der Waals surface area contributed by atoms with Crippen LogP contribution in [-0.4, -0.2) is 18.4 Å². The third kappa shape index (κ3) is 5.92. The van der Waals surface area contributed by atoms with Gasteiger partial charge in [-0.3, -0.25) is 0 Å². The van der Waals surface area contributed by atoms with Crippen molar-refractivity contribution in [3.63, 3.8) is 0 Å². The molecule has 0 bridgehead atoms. The maximum Gasteiger partial charge on any atom is 0.335 e. The Morgan fingerprint density at radius 2 is 1.92 bits per heavy atom. The molecule has 0 amide bonds. The molecule has 0 aromatic heterocycles. The van der Waals surface area contributed by atoms with E-state index in [0.29, 0.717) is 5.57 Å². The Morgan fingerprint density at radius 1 is 1.42 bits per heavy atom. The van der Waals surface area contributed by atoms with Crippen molar-refractivity contribution in [1.82, 2.24) is 0 Å². The molecule has 0 aliphatic rings. The SMILES string of the molecule is C=C(C)C(=O)OCOC(C)(C)C. The number of esters is 1. The van der Waals surface area contributed by atoms with Gasteiger partial charge in [0.25, 0.3) is 0 Å². The Balaban J connectivity index is 3.58. The van der Waals surface area contributed by atoms with E-state index in [-0.39, 0.29) is 12.4 Å². The highest BCUT2D eigenvalue weighted by Gasteiger charge is 2.11.